The minimum atomic E-state index is -0.487. The van der Waals surface area contributed by atoms with Crippen LogP contribution >= 0.6 is 46.3 Å². The smallest absolute Gasteiger partial charge is 0.253 e. The third-order valence-electron chi connectivity index (χ3n) is 5.39. The van der Waals surface area contributed by atoms with Gasteiger partial charge in [0.25, 0.3) is 5.91 Å². The maximum absolute atomic E-state index is 12.8. The van der Waals surface area contributed by atoms with Crippen LogP contribution in [-0.4, -0.2) is 37.3 Å². The molecule has 38 heavy (non-hydrogen) atoms. The fourth-order valence-electron chi connectivity index (χ4n) is 3.64. The molecule has 4 rings (SSSR count). The molecule has 2 N–H and O–H groups in total. The molecule has 8 nitrogen and oxygen atoms in total. The summed E-state index contributed by atoms with van der Waals surface area (Å²) in [5.41, 5.74) is 2.15. The summed E-state index contributed by atoms with van der Waals surface area (Å²) >= 11 is 14.8. The number of halogens is 2. The van der Waals surface area contributed by atoms with E-state index in [1.54, 1.807) is 29.7 Å². The van der Waals surface area contributed by atoms with Crippen LogP contribution in [0.3, 0.4) is 0 Å². The van der Waals surface area contributed by atoms with Gasteiger partial charge in [-0.2, -0.15) is 0 Å². The van der Waals surface area contributed by atoms with Gasteiger partial charge in [-0.15, -0.1) is 28.1 Å². The van der Waals surface area contributed by atoms with Crippen LogP contribution in [0, 0.1) is 6.92 Å². The molecular formula is C26H24Cl2N6O2S2. The fraction of sp³-hybridized carbons (Fsp3) is 0.192. The van der Waals surface area contributed by atoms with Gasteiger partial charge in [0.05, 0.1) is 28.1 Å². The zero-order valence-corrected chi connectivity index (χ0v) is 23.7. The van der Waals surface area contributed by atoms with Crippen molar-refractivity contribution < 1.29 is 9.59 Å². The van der Waals surface area contributed by atoms with Gasteiger partial charge in [-0.3, -0.25) is 9.59 Å². The zero-order valence-electron chi connectivity index (χ0n) is 20.6. The number of hydrogen-bond donors (Lipinski definition) is 2. The molecule has 0 aliphatic carbocycles. The molecule has 1 atom stereocenters. The maximum atomic E-state index is 12.8. The summed E-state index contributed by atoms with van der Waals surface area (Å²) < 4.78 is 1.81. The number of aromatic nitrogens is 4. The highest BCUT2D eigenvalue weighted by Gasteiger charge is 2.22. The Morgan fingerprint density at radius 2 is 1.95 bits per heavy atom. The summed E-state index contributed by atoms with van der Waals surface area (Å²) in [6.07, 6.45) is 1.70. The molecule has 0 saturated carbocycles. The van der Waals surface area contributed by atoms with E-state index in [0.717, 1.165) is 16.1 Å². The van der Waals surface area contributed by atoms with Gasteiger partial charge in [0.1, 0.15) is 0 Å². The lowest BCUT2D eigenvalue weighted by molar-refractivity contribution is -0.113. The van der Waals surface area contributed by atoms with Gasteiger partial charge >= 0.3 is 0 Å². The van der Waals surface area contributed by atoms with E-state index >= 15 is 0 Å². The molecule has 2 heterocycles. The van der Waals surface area contributed by atoms with Gasteiger partial charge in [-0.1, -0.05) is 71.4 Å². The van der Waals surface area contributed by atoms with Crippen LogP contribution in [0.25, 0.3) is 11.3 Å². The van der Waals surface area contributed by atoms with E-state index in [4.69, 9.17) is 23.2 Å². The summed E-state index contributed by atoms with van der Waals surface area (Å²) in [4.78, 5) is 31.1. The van der Waals surface area contributed by atoms with Gasteiger partial charge in [-0.25, -0.2) is 4.98 Å². The molecule has 4 aromatic rings. The zero-order chi connectivity index (χ0) is 27.2. The van der Waals surface area contributed by atoms with E-state index in [2.05, 4.69) is 32.4 Å². The highest BCUT2D eigenvalue weighted by molar-refractivity contribution is 7.99. The topological polar surface area (TPSA) is 102 Å². The van der Waals surface area contributed by atoms with E-state index < -0.39 is 6.04 Å². The Balaban J connectivity index is 1.41. The van der Waals surface area contributed by atoms with E-state index in [1.807, 2.05) is 37.3 Å². The number of aryl methyl sites for hydroxylation is 1. The second-order valence-electron chi connectivity index (χ2n) is 8.19. The predicted octanol–water partition coefficient (Wildman–Crippen LogP) is 6.42. The van der Waals surface area contributed by atoms with Crippen molar-refractivity contribution in [2.24, 2.45) is 0 Å². The van der Waals surface area contributed by atoms with Crippen molar-refractivity contribution in [3.8, 4) is 11.3 Å². The number of thioether (sulfide) groups is 1. The van der Waals surface area contributed by atoms with E-state index in [-0.39, 0.29) is 22.6 Å². The highest BCUT2D eigenvalue weighted by Crippen LogP contribution is 2.30. The standard InChI is InChI=1S/C26H24Cl2N6O2S2/c1-4-12-34-23(15(2)29-24(36)19-11-10-18(27)13-20(19)28)32-33-26(34)37-14-21(35)30-25-31-22(16(3)38-25)17-8-6-5-7-9-17/h4-11,13,15H,1,12,14H2,2-3H3,(H,29,36)(H,30,31,35)/t15-/m0/s1. The number of carbonyl (C=O) groups is 2. The van der Waals surface area contributed by atoms with E-state index in [0.29, 0.717) is 33.2 Å². The molecule has 12 heteroatoms. The number of anilines is 1. The van der Waals surface area contributed by atoms with Crippen molar-refractivity contribution in [2.45, 2.75) is 31.6 Å². The molecule has 2 aromatic heterocycles. The number of nitrogens with zero attached hydrogens (tertiary/aromatic N) is 4. The molecule has 0 saturated heterocycles. The number of rotatable bonds is 10. The van der Waals surface area contributed by atoms with E-state index in [1.165, 1.54) is 29.2 Å². The molecule has 0 aliphatic rings. The molecule has 0 spiro atoms. The summed E-state index contributed by atoms with van der Waals surface area (Å²) in [5.74, 6) is 0.0518. The first-order valence-electron chi connectivity index (χ1n) is 11.5. The Kier molecular flexibility index (Phi) is 9.22. The summed E-state index contributed by atoms with van der Waals surface area (Å²) in [6, 6.07) is 14.0. The lowest BCUT2D eigenvalue weighted by Gasteiger charge is -2.15. The van der Waals surface area contributed by atoms with Crippen LogP contribution in [0.5, 0.6) is 0 Å². The fourth-order valence-corrected chi connectivity index (χ4v) is 5.74. The second-order valence-corrected chi connectivity index (χ2v) is 11.2. The third-order valence-corrected chi connectivity index (χ3v) is 7.79. The molecule has 0 fully saturated rings. The van der Waals surface area contributed by atoms with Crippen LogP contribution < -0.4 is 10.6 Å². The average molecular weight is 588 g/mol. The predicted molar refractivity (Wildman–Crippen MR) is 154 cm³/mol. The minimum absolute atomic E-state index is 0.107. The Labute approximate surface area is 238 Å². The van der Waals surface area contributed by atoms with Crippen LogP contribution in [-0.2, 0) is 11.3 Å². The molecule has 2 aromatic carbocycles. The van der Waals surface area contributed by atoms with Gasteiger partial charge in [0.2, 0.25) is 5.91 Å². The minimum Gasteiger partial charge on any atom is -0.342 e. The average Bonchev–Trinajstić information content (AvgIpc) is 3.46. The van der Waals surface area contributed by atoms with Gasteiger partial charge in [-0.05, 0) is 32.0 Å². The number of amides is 2. The first-order chi connectivity index (χ1) is 18.3. The van der Waals surface area contributed by atoms with Crippen molar-refractivity contribution in [3.63, 3.8) is 0 Å². The summed E-state index contributed by atoms with van der Waals surface area (Å²) in [7, 11) is 0. The van der Waals surface area contributed by atoms with Gasteiger partial charge in [0, 0.05) is 22.0 Å². The first kappa shape index (κ1) is 27.8. The van der Waals surface area contributed by atoms with Crippen LogP contribution in [0.2, 0.25) is 10.0 Å². The Bertz CT molecular complexity index is 1470. The molecular weight excluding hydrogens is 563 g/mol. The van der Waals surface area contributed by atoms with Crippen molar-refractivity contribution in [3.05, 3.63) is 87.5 Å². The van der Waals surface area contributed by atoms with Gasteiger partial charge in [0.15, 0.2) is 16.1 Å². The number of carbonyl (C=O) groups excluding carboxylic acids is 2. The Hall–Kier alpha value is -3.18. The highest BCUT2D eigenvalue weighted by atomic mass is 35.5. The SMILES string of the molecule is C=CCn1c(SCC(=O)Nc2nc(-c3ccccc3)c(C)s2)nnc1[C@H](C)NC(=O)c1ccc(Cl)cc1Cl. The maximum Gasteiger partial charge on any atom is 0.253 e. The van der Waals surface area contributed by atoms with Crippen LogP contribution in [0.4, 0.5) is 5.13 Å². The van der Waals surface area contributed by atoms with Crippen molar-refractivity contribution >= 4 is 63.2 Å². The van der Waals surface area contributed by atoms with Gasteiger partial charge < -0.3 is 15.2 Å². The van der Waals surface area contributed by atoms with Crippen molar-refractivity contribution in [1.29, 1.82) is 0 Å². The Morgan fingerprint density at radius 1 is 1.18 bits per heavy atom. The lowest BCUT2D eigenvalue weighted by atomic mass is 10.1. The molecule has 196 valence electrons. The number of nitrogens with one attached hydrogen (secondary N) is 2. The third kappa shape index (κ3) is 6.63. The quantitative estimate of drug-likeness (QED) is 0.164. The number of thiazole rings is 1. The molecule has 0 bridgehead atoms. The second kappa shape index (κ2) is 12.6. The number of allylic oxidation sites excluding steroid dienone is 1. The largest absolute Gasteiger partial charge is 0.342 e. The first-order valence-corrected chi connectivity index (χ1v) is 14.1. The van der Waals surface area contributed by atoms with Crippen LogP contribution in [0.1, 0.15) is 34.0 Å². The van der Waals surface area contributed by atoms with Crippen LogP contribution in [0.15, 0.2) is 66.3 Å². The normalized spacial score (nSPS) is 11.7. The monoisotopic (exact) mass is 586 g/mol. The number of hydrogen-bond acceptors (Lipinski definition) is 7. The lowest BCUT2D eigenvalue weighted by Crippen LogP contribution is -2.29. The molecule has 0 aliphatic heterocycles. The van der Waals surface area contributed by atoms with Crippen molar-refractivity contribution in [2.75, 3.05) is 11.1 Å². The summed E-state index contributed by atoms with van der Waals surface area (Å²) in [6.45, 7) is 7.98. The molecule has 0 unspecified atom stereocenters. The Morgan fingerprint density at radius 3 is 2.66 bits per heavy atom. The molecule has 0 radical (unpaired) electrons. The van der Waals surface area contributed by atoms with Crippen molar-refractivity contribution in [1.82, 2.24) is 25.1 Å². The molecule has 2 amide bonds. The van der Waals surface area contributed by atoms with E-state index in [9.17, 15) is 9.59 Å². The summed E-state index contributed by atoms with van der Waals surface area (Å²) in [5, 5.41) is 16.0. The number of benzene rings is 2.